The molecule has 6 heteroatoms. The maximum absolute atomic E-state index is 7.81. The van der Waals surface area contributed by atoms with Gasteiger partial charge in [-0.05, 0) is 45.2 Å². The van der Waals surface area contributed by atoms with Gasteiger partial charge < -0.3 is 5.73 Å². The number of rotatable bonds is 3. The molecule has 0 aliphatic heterocycles. The van der Waals surface area contributed by atoms with E-state index >= 15 is 0 Å². The van der Waals surface area contributed by atoms with E-state index < -0.39 is 0 Å². The van der Waals surface area contributed by atoms with E-state index in [4.69, 9.17) is 11.1 Å². The SMILES string of the molecule is CCc1c(C)nn(-c2nnc(C)c(C)c2C(=N)N)c1C. The van der Waals surface area contributed by atoms with Gasteiger partial charge in [0.1, 0.15) is 5.84 Å². The fraction of sp³-hybridized carbons (Fsp3) is 0.429. The van der Waals surface area contributed by atoms with E-state index in [1.165, 1.54) is 5.56 Å². The standard InChI is InChI=1S/C14H20N6/c1-6-11-9(4)19-20(10(11)5)14-12(13(15)16)7(2)8(3)17-18-14/h6H2,1-5H3,(H3,15,16). The van der Waals surface area contributed by atoms with E-state index in [0.29, 0.717) is 11.4 Å². The second-order valence-electron chi connectivity index (χ2n) is 4.94. The number of aryl methyl sites for hydroxylation is 2. The molecule has 0 amide bonds. The molecule has 6 nitrogen and oxygen atoms in total. The van der Waals surface area contributed by atoms with Gasteiger partial charge in [-0.25, -0.2) is 4.68 Å². The second-order valence-corrected chi connectivity index (χ2v) is 4.94. The lowest BCUT2D eigenvalue weighted by Gasteiger charge is -2.12. The van der Waals surface area contributed by atoms with Gasteiger partial charge >= 0.3 is 0 Å². The van der Waals surface area contributed by atoms with Crippen molar-refractivity contribution in [2.75, 3.05) is 0 Å². The third-order valence-corrected chi connectivity index (χ3v) is 3.70. The van der Waals surface area contributed by atoms with Crippen molar-refractivity contribution in [2.24, 2.45) is 5.73 Å². The third kappa shape index (κ3) is 2.07. The summed E-state index contributed by atoms with van der Waals surface area (Å²) in [6, 6.07) is 0. The molecule has 2 heterocycles. The average Bonchev–Trinajstić information content (AvgIpc) is 2.67. The Balaban J connectivity index is 2.77. The molecule has 0 spiro atoms. The Kier molecular flexibility index (Phi) is 3.57. The Labute approximate surface area is 118 Å². The van der Waals surface area contributed by atoms with Crippen LogP contribution in [0.3, 0.4) is 0 Å². The van der Waals surface area contributed by atoms with Crippen LogP contribution in [0.5, 0.6) is 0 Å². The van der Waals surface area contributed by atoms with Crippen LogP contribution in [0.15, 0.2) is 0 Å². The minimum atomic E-state index is -0.0129. The fourth-order valence-electron chi connectivity index (χ4n) is 2.46. The van der Waals surface area contributed by atoms with Crippen molar-refractivity contribution in [2.45, 2.75) is 41.0 Å². The molecule has 0 fully saturated rings. The van der Waals surface area contributed by atoms with Gasteiger partial charge in [0.15, 0.2) is 5.82 Å². The molecule has 0 saturated carbocycles. The van der Waals surface area contributed by atoms with Crippen molar-refractivity contribution < 1.29 is 0 Å². The summed E-state index contributed by atoms with van der Waals surface area (Å²) in [5.41, 5.74) is 11.2. The molecular weight excluding hydrogens is 252 g/mol. The van der Waals surface area contributed by atoms with Crippen molar-refractivity contribution in [1.29, 1.82) is 5.41 Å². The van der Waals surface area contributed by atoms with Crippen molar-refractivity contribution in [3.8, 4) is 5.82 Å². The van der Waals surface area contributed by atoms with Gasteiger partial charge in [0.2, 0.25) is 0 Å². The lowest BCUT2D eigenvalue weighted by atomic mass is 10.1. The van der Waals surface area contributed by atoms with E-state index in [0.717, 1.165) is 29.1 Å². The Morgan fingerprint density at radius 2 is 1.80 bits per heavy atom. The fourth-order valence-corrected chi connectivity index (χ4v) is 2.46. The number of hydrogen-bond acceptors (Lipinski definition) is 4. The Morgan fingerprint density at radius 3 is 2.30 bits per heavy atom. The molecule has 0 aliphatic carbocycles. The highest BCUT2D eigenvalue weighted by atomic mass is 15.4. The maximum Gasteiger partial charge on any atom is 0.187 e. The molecule has 2 aromatic rings. The normalized spacial score (nSPS) is 10.8. The Bertz CT molecular complexity index is 683. The van der Waals surface area contributed by atoms with Gasteiger partial charge in [-0.3, -0.25) is 5.41 Å². The van der Waals surface area contributed by atoms with Crippen LogP contribution >= 0.6 is 0 Å². The maximum atomic E-state index is 7.81. The zero-order valence-electron chi connectivity index (χ0n) is 12.6. The highest BCUT2D eigenvalue weighted by Crippen LogP contribution is 2.21. The molecule has 0 bridgehead atoms. The van der Waals surface area contributed by atoms with Crippen LogP contribution < -0.4 is 5.73 Å². The molecule has 0 saturated heterocycles. The molecule has 3 N–H and O–H groups in total. The van der Waals surface area contributed by atoms with Crippen LogP contribution in [0.2, 0.25) is 0 Å². The molecule has 106 valence electrons. The Morgan fingerprint density at radius 1 is 1.15 bits per heavy atom. The lowest BCUT2D eigenvalue weighted by molar-refractivity contribution is 0.768. The van der Waals surface area contributed by atoms with Gasteiger partial charge in [0.05, 0.1) is 17.0 Å². The largest absolute Gasteiger partial charge is 0.384 e. The summed E-state index contributed by atoms with van der Waals surface area (Å²) in [5.74, 6) is 0.516. The molecule has 2 aromatic heterocycles. The minimum Gasteiger partial charge on any atom is -0.384 e. The predicted molar refractivity (Wildman–Crippen MR) is 78.5 cm³/mol. The summed E-state index contributed by atoms with van der Waals surface area (Å²) in [7, 11) is 0. The quantitative estimate of drug-likeness (QED) is 0.657. The van der Waals surface area contributed by atoms with Crippen molar-refractivity contribution in [1.82, 2.24) is 20.0 Å². The molecule has 0 radical (unpaired) electrons. The number of nitrogen functional groups attached to an aromatic ring is 1. The second kappa shape index (κ2) is 5.03. The summed E-state index contributed by atoms with van der Waals surface area (Å²) in [5, 5.41) is 20.7. The zero-order valence-corrected chi connectivity index (χ0v) is 12.6. The van der Waals surface area contributed by atoms with Crippen molar-refractivity contribution in [3.05, 3.63) is 33.8 Å². The van der Waals surface area contributed by atoms with Crippen LogP contribution in [0, 0.1) is 33.1 Å². The van der Waals surface area contributed by atoms with Crippen LogP contribution in [-0.4, -0.2) is 25.8 Å². The first-order valence-electron chi connectivity index (χ1n) is 6.62. The number of nitrogens with one attached hydrogen (secondary N) is 1. The first kappa shape index (κ1) is 14.2. The van der Waals surface area contributed by atoms with Gasteiger partial charge in [-0.2, -0.15) is 10.2 Å². The summed E-state index contributed by atoms with van der Waals surface area (Å²) in [6.45, 7) is 9.83. The smallest absolute Gasteiger partial charge is 0.187 e. The number of nitrogens with two attached hydrogens (primary N) is 1. The molecular formula is C14H20N6. The van der Waals surface area contributed by atoms with Crippen molar-refractivity contribution in [3.63, 3.8) is 0 Å². The van der Waals surface area contributed by atoms with Crippen LogP contribution in [-0.2, 0) is 6.42 Å². The summed E-state index contributed by atoms with van der Waals surface area (Å²) in [6.07, 6.45) is 0.908. The van der Waals surface area contributed by atoms with E-state index in [1.807, 2.05) is 27.7 Å². The van der Waals surface area contributed by atoms with Crippen LogP contribution in [0.4, 0.5) is 0 Å². The monoisotopic (exact) mass is 272 g/mol. The summed E-state index contributed by atoms with van der Waals surface area (Å²) in [4.78, 5) is 0. The van der Waals surface area contributed by atoms with Crippen molar-refractivity contribution >= 4 is 5.84 Å². The number of aromatic nitrogens is 4. The minimum absolute atomic E-state index is 0.0129. The highest BCUT2D eigenvalue weighted by molar-refractivity contribution is 5.99. The third-order valence-electron chi connectivity index (χ3n) is 3.70. The summed E-state index contributed by atoms with van der Waals surface area (Å²) >= 11 is 0. The van der Waals surface area contributed by atoms with E-state index in [2.05, 4.69) is 22.2 Å². The van der Waals surface area contributed by atoms with Gasteiger partial charge in [-0.15, -0.1) is 5.10 Å². The molecule has 2 rings (SSSR count). The zero-order chi connectivity index (χ0) is 15.0. The molecule has 0 aliphatic rings. The molecule has 0 atom stereocenters. The van der Waals surface area contributed by atoms with E-state index in [1.54, 1.807) is 4.68 Å². The van der Waals surface area contributed by atoms with Crippen LogP contribution in [0.25, 0.3) is 5.82 Å². The number of hydrogen-bond donors (Lipinski definition) is 2. The molecule has 0 aromatic carbocycles. The number of nitrogens with zero attached hydrogens (tertiary/aromatic N) is 4. The van der Waals surface area contributed by atoms with Gasteiger partial charge in [0.25, 0.3) is 0 Å². The first-order chi connectivity index (χ1) is 9.38. The first-order valence-corrected chi connectivity index (χ1v) is 6.62. The van der Waals surface area contributed by atoms with E-state index in [9.17, 15) is 0 Å². The predicted octanol–water partition coefficient (Wildman–Crippen LogP) is 1.74. The highest BCUT2D eigenvalue weighted by Gasteiger charge is 2.19. The Hall–Kier alpha value is -2.24. The lowest BCUT2D eigenvalue weighted by Crippen LogP contribution is -2.20. The summed E-state index contributed by atoms with van der Waals surface area (Å²) < 4.78 is 1.74. The van der Waals surface area contributed by atoms with Gasteiger partial charge in [0, 0.05) is 5.69 Å². The van der Waals surface area contributed by atoms with Gasteiger partial charge in [-0.1, -0.05) is 6.92 Å². The number of amidine groups is 1. The molecule has 20 heavy (non-hydrogen) atoms. The molecule has 0 unspecified atom stereocenters. The van der Waals surface area contributed by atoms with Crippen LogP contribution in [0.1, 0.15) is 40.7 Å². The van der Waals surface area contributed by atoms with E-state index in [-0.39, 0.29) is 5.84 Å². The topological polar surface area (TPSA) is 93.5 Å². The average molecular weight is 272 g/mol.